The number of alkyl halides is 1. The molecule has 3 heteroatoms. The summed E-state index contributed by atoms with van der Waals surface area (Å²) in [5.74, 6) is 0. The average molecular weight is 175 g/mol. The molecule has 12 heavy (non-hydrogen) atoms. The normalized spacial score (nSPS) is 24.0. The van der Waals surface area contributed by atoms with Gasteiger partial charge in [-0.3, -0.25) is 0 Å². The van der Waals surface area contributed by atoms with E-state index in [0.717, 1.165) is 25.9 Å². The second-order valence-corrected chi connectivity index (χ2v) is 4.16. The van der Waals surface area contributed by atoms with Crippen LogP contribution in [0.1, 0.15) is 26.7 Å². The first-order valence-corrected chi connectivity index (χ1v) is 4.52. The third-order valence-corrected chi connectivity index (χ3v) is 3.12. The van der Waals surface area contributed by atoms with Crippen LogP contribution in [0.2, 0.25) is 0 Å². The predicted molar refractivity (Wildman–Crippen MR) is 46.8 cm³/mol. The molecule has 0 aromatic rings. The zero-order valence-electron chi connectivity index (χ0n) is 7.86. The molecule has 0 aromatic carbocycles. The molecule has 1 aliphatic rings. The minimum Gasteiger partial charge on any atom is -0.396 e. The van der Waals surface area contributed by atoms with Gasteiger partial charge in [-0.05, 0) is 39.8 Å². The minimum atomic E-state index is -1.27. The van der Waals surface area contributed by atoms with E-state index < -0.39 is 11.1 Å². The van der Waals surface area contributed by atoms with Crippen molar-refractivity contribution in [3.8, 4) is 0 Å². The third-order valence-electron chi connectivity index (χ3n) is 3.12. The second kappa shape index (κ2) is 3.30. The van der Waals surface area contributed by atoms with Gasteiger partial charge in [0.1, 0.15) is 5.67 Å². The van der Waals surface area contributed by atoms with Crippen molar-refractivity contribution in [1.82, 2.24) is 5.32 Å². The van der Waals surface area contributed by atoms with Crippen molar-refractivity contribution in [3.63, 3.8) is 0 Å². The fraction of sp³-hybridized carbons (Fsp3) is 1.00. The molecule has 0 atom stereocenters. The molecule has 0 radical (unpaired) electrons. The van der Waals surface area contributed by atoms with E-state index >= 15 is 0 Å². The Morgan fingerprint density at radius 1 is 1.42 bits per heavy atom. The van der Waals surface area contributed by atoms with Crippen molar-refractivity contribution < 1.29 is 9.50 Å². The largest absolute Gasteiger partial charge is 0.396 e. The molecular formula is C9H18FNO. The van der Waals surface area contributed by atoms with E-state index in [-0.39, 0.29) is 6.61 Å². The quantitative estimate of drug-likeness (QED) is 0.658. The smallest absolute Gasteiger partial charge is 0.113 e. The van der Waals surface area contributed by atoms with Crippen molar-refractivity contribution in [2.75, 3.05) is 19.7 Å². The Morgan fingerprint density at radius 3 is 2.17 bits per heavy atom. The van der Waals surface area contributed by atoms with Gasteiger partial charge in [0.2, 0.25) is 0 Å². The van der Waals surface area contributed by atoms with Gasteiger partial charge in [0, 0.05) is 5.41 Å². The van der Waals surface area contributed by atoms with Gasteiger partial charge in [-0.2, -0.15) is 0 Å². The van der Waals surface area contributed by atoms with Gasteiger partial charge in [-0.1, -0.05) is 0 Å². The molecule has 72 valence electrons. The number of hydrogen-bond donors (Lipinski definition) is 2. The van der Waals surface area contributed by atoms with Gasteiger partial charge in [-0.25, -0.2) is 4.39 Å². The van der Waals surface area contributed by atoms with Gasteiger partial charge < -0.3 is 10.4 Å². The molecule has 0 unspecified atom stereocenters. The lowest BCUT2D eigenvalue weighted by molar-refractivity contribution is -0.0457. The van der Waals surface area contributed by atoms with E-state index in [1.807, 2.05) is 0 Å². The highest BCUT2D eigenvalue weighted by molar-refractivity contribution is 4.96. The number of hydrogen-bond acceptors (Lipinski definition) is 2. The molecule has 1 rings (SSSR count). The van der Waals surface area contributed by atoms with Crippen LogP contribution >= 0.6 is 0 Å². The average Bonchev–Trinajstić information content (AvgIpc) is 2.04. The number of rotatable bonds is 2. The molecule has 0 aliphatic carbocycles. The van der Waals surface area contributed by atoms with E-state index in [4.69, 9.17) is 0 Å². The Bertz CT molecular complexity index is 147. The van der Waals surface area contributed by atoms with Crippen molar-refractivity contribution >= 4 is 0 Å². The molecule has 2 N–H and O–H groups in total. The maximum Gasteiger partial charge on any atom is 0.113 e. The van der Waals surface area contributed by atoms with E-state index in [2.05, 4.69) is 5.32 Å². The van der Waals surface area contributed by atoms with Crippen LogP contribution in [-0.4, -0.2) is 30.5 Å². The zero-order valence-corrected chi connectivity index (χ0v) is 7.86. The van der Waals surface area contributed by atoms with E-state index in [0.29, 0.717) is 0 Å². The van der Waals surface area contributed by atoms with Crippen LogP contribution in [0, 0.1) is 5.41 Å². The Balaban J connectivity index is 2.73. The fourth-order valence-electron chi connectivity index (χ4n) is 1.85. The van der Waals surface area contributed by atoms with Crippen molar-refractivity contribution in [2.24, 2.45) is 5.41 Å². The van der Waals surface area contributed by atoms with Gasteiger partial charge in [0.05, 0.1) is 6.61 Å². The Labute approximate surface area is 73.2 Å². The Kier molecular flexibility index (Phi) is 2.74. The van der Waals surface area contributed by atoms with Crippen LogP contribution in [0.5, 0.6) is 0 Å². The third kappa shape index (κ3) is 1.62. The second-order valence-electron chi connectivity index (χ2n) is 4.16. The van der Waals surface area contributed by atoms with Gasteiger partial charge in [0.15, 0.2) is 0 Å². The molecule has 1 heterocycles. The number of nitrogens with one attached hydrogen (secondary N) is 1. The molecule has 1 saturated heterocycles. The highest BCUT2D eigenvalue weighted by Gasteiger charge is 2.45. The van der Waals surface area contributed by atoms with Gasteiger partial charge in [-0.15, -0.1) is 0 Å². The predicted octanol–water partition coefficient (Wildman–Crippen LogP) is 1.10. The van der Waals surface area contributed by atoms with Crippen LogP contribution in [0.25, 0.3) is 0 Å². The summed E-state index contributed by atoms with van der Waals surface area (Å²) in [6.45, 7) is 4.71. The van der Waals surface area contributed by atoms with E-state index in [1.54, 1.807) is 13.8 Å². The number of aliphatic hydroxyl groups is 1. The summed E-state index contributed by atoms with van der Waals surface area (Å²) < 4.78 is 13.7. The van der Waals surface area contributed by atoms with E-state index in [9.17, 15) is 9.50 Å². The van der Waals surface area contributed by atoms with Gasteiger partial charge in [0.25, 0.3) is 0 Å². The number of halogens is 1. The molecule has 0 spiro atoms. The molecule has 1 aliphatic heterocycles. The SMILES string of the molecule is CC(C)(F)C1(CO)CCNCC1. The summed E-state index contributed by atoms with van der Waals surface area (Å²) in [7, 11) is 0. The van der Waals surface area contributed by atoms with Crippen LogP contribution in [0.15, 0.2) is 0 Å². The number of piperidine rings is 1. The molecule has 0 bridgehead atoms. The van der Waals surface area contributed by atoms with Crippen LogP contribution in [0.4, 0.5) is 4.39 Å². The monoisotopic (exact) mass is 175 g/mol. The minimum absolute atomic E-state index is 0.0435. The maximum absolute atomic E-state index is 13.7. The van der Waals surface area contributed by atoms with Crippen molar-refractivity contribution in [2.45, 2.75) is 32.4 Å². The number of aliphatic hydroxyl groups excluding tert-OH is 1. The van der Waals surface area contributed by atoms with Crippen LogP contribution < -0.4 is 5.32 Å². The summed E-state index contributed by atoms with van der Waals surface area (Å²) >= 11 is 0. The molecule has 2 nitrogen and oxygen atoms in total. The first-order chi connectivity index (χ1) is 5.52. The van der Waals surface area contributed by atoms with Crippen LogP contribution in [-0.2, 0) is 0 Å². The highest BCUT2D eigenvalue weighted by Crippen LogP contribution is 2.41. The van der Waals surface area contributed by atoms with Gasteiger partial charge >= 0.3 is 0 Å². The standard InChI is InChI=1S/C9H18FNO/c1-8(2,10)9(7-12)3-5-11-6-4-9/h11-12H,3-7H2,1-2H3. The summed E-state index contributed by atoms with van der Waals surface area (Å²) in [4.78, 5) is 0. The summed E-state index contributed by atoms with van der Waals surface area (Å²) in [5.41, 5.74) is -1.79. The maximum atomic E-state index is 13.7. The van der Waals surface area contributed by atoms with Crippen molar-refractivity contribution in [3.05, 3.63) is 0 Å². The molecule has 0 saturated carbocycles. The summed E-state index contributed by atoms with van der Waals surface area (Å²) in [5, 5.41) is 12.4. The molecule has 0 aromatic heterocycles. The molecular weight excluding hydrogens is 157 g/mol. The first-order valence-electron chi connectivity index (χ1n) is 4.52. The summed E-state index contributed by atoms with van der Waals surface area (Å²) in [6, 6.07) is 0. The molecule has 1 fully saturated rings. The lowest BCUT2D eigenvalue weighted by Crippen LogP contribution is -2.50. The topological polar surface area (TPSA) is 32.3 Å². The first kappa shape index (κ1) is 9.93. The summed E-state index contributed by atoms with van der Waals surface area (Å²) in [6.07, 6.45) is 1.46. The Morgan fingerprint density at radius 2 is 1.92 bits per heavy atom. The fourth-order valence-corrected chi connectivity index (χ4v) is 1.85. The molecule has 0 amide bonds. The van der Waals surface area contributed by atoms with Crippen molar-refractivity contribution in [1.29, 1.82) is 0 Å². The lowest BCUT2D eigenvalue weighted by atomic mass is 9.69. The zero-order chi connectivity index (χ0) is 9.24. The lowest BCUT2D eigenvalue weighted by Gasteiger charge is -2.43. The van der Waals surface area contributed by atoms with E-state index in [1.165, 1.54) is 0 Å². The Hall–Kier alpha value is -0.150. The van der Waals surface area contributed by atoms with Crippen LogP contribution in [0.3, 0.4) is 0 Å². The highest BCUT2D eigenvalue weighted by atomic mass is 19.1.